The van der Waals surface area contributed by atoms with Gasteiger partial charge in [-0.3, -0.25) is 0 Å². The summed E-state index contributed by atoms with van der Waals surface area (Å²) in [6, 6.07) is 25.3. The van der Waals surface area contributed by atoms with E-state index in [-0.39, 0.29) is 0 Å². The van der Waals surface area contributed by atoms with Crippen LogP contribution in [0.2, 0.25) is 0 Å². The lowest BCUT2D eigenvalue weighted by Gasteiger charge is -1.93. The molecule has 0 N–H and O–H groups in total. The average molecular weight is 319 g/mol. The first-order valence-corrected chi connectivity index (χ1v) is 8.47. The zero-order valence-corrected chi connectivity index (χ0v) is 15.9. The maximum absolute atomic E-state index is 2.17. The minimum absolute atomic E-state index is 1.34. The van der Waals surface area contributed by atoms with E-state index in [1.165, 1.54) is 33.4 Å². The zero-order chi connectivity index (χ0) is 17.9. The van der Waals surface area contributed by atoms with E-state index in [9.17, 15) is 0 Å². The van der Waals surface area contributed by atoms with Crippen LogP contribution >= 0.6 is 0 Å². The summed E-state index contributed by atoms with van der Waals surface area (Å²) in [7, 11) is 0. The highest BCUT2D eigenvalue weighted by atomic mass is 13.9. The molecule has 0 atom stereocenters. The van der Waals surface area contributed by atoms with Gasteiger partial charge in [0, 0.05) is 0 Å². The lowest BCUT2D eigenvalue weighted by Crippen LogP contribution is -1.74. The van der Waals surface area contributed by atoms with Crippen molar-refractivity contribution < 1.29 is 0 Å². The molecule has 24 heavy (non-hydrogen) atoms. The second kappa shape index (κ2) is 10.4. The molecule has 0 saturated carbocycles. The van der Waals surface area contributed by atoms with Crippen LogP contribution in [0.25, 0.3) is 0 Å². The summed E-state index contributed by atoms with van der Waals surface area (Å²) in [5.74, 6) is 0. The quantitative estimate of drug-likeness (QED) is 0.422. The maximum Gasteiger partial charge on any atom is -0.0395 e. The molecule has 0 bridgehead atoms. The Kier molecular flexibility index (Phi) is 8.57. The van der Waals surface area contributed by atoms with Gasteiger partial charge in [-0.1, -0.05) is 95.1 Å². The minimum Gasteiger partial charge on any atom is -0.0620 e. The molecule has 0 heteroatoms. The Bertz CT molecular complexity index is 639. The third-order valence-electron chi connectivity index (χ3n) is 3.77. The fraction of sp³-hybridized carbons (Fsp3) is 0.250. The average Bonchev–Trinajstić information content (AvgIpc) is 2.51. The van der Waals surface area contributed by atoms with Crippen molar-refractivity contribution in [3.63, 3.8) is 0 Å². The van der Waals surface area contributed by atoms with Gasteiger partial charge in [0.15, 0.2) is 0 Å². The van der Waals surface area contributed by atoms with Crippen LogP contribution in [0.1, 0.15) is 33.4 Å². The number of hydrogen-bond acceptors (Lipinski definition) is 0. The van der Waals surface area contributed by atoms with Crippen molar-refractivity contribution in [1.29, 1.82) is 0 Å². The highest BCUT2D eigenvalue weighted by Gasteiger charge is 1.84. The molecule has 0 fully saturated rings. The van der Waals surface area contributed by atoms with Crippen LogP contribution in [-0.2, 0) is 0 Å². The minimum atomic E-state index is 1.34. The Morgan fingerprint density at radius 3 is 0.833 bits per heavy atom. The summed E-state index contributed by atoms with van der Waals surface area (Å²) in [4.78, 5) is 0. The molecule has 0 spiro atoms. The molecule has 3 rings (SSSR count). The molecule has 0 aliphatic rings. The summed E-state index contributed by atoms with van der Waals surface area (Å²) in [6.07, 6.45) is 0. The molecular weight excluding hydrogens is 288 g/mol. The van der Waals surface area contributed by atoms with E-state index in [0.29, 0.717) is 0 Å². The van der Waals surface area contributed by atoms with Gasteiger partial charge in [0.1, 0.15) is 0 Å². The van der Waals surface area contributed by atoms with E-state index >= 15 is 0 Å². The second-order valence-electron chi connectivity index (χ2n) is 6.40. The van der Waals surface area contributed by atoms with Crippen LogP contribution in [0.3, 0.4) is 0 Å². The molecule has 0 radical (unpaired) electrons. The van der Waals surface area contributed by atoms with Gasteiger partial charge in [0.25, 0.3) is 0 Å². The summed E-state index contributed by atoms with van der Waals surface area (Å²) in [5, 5.41) is 0. The molecule has 3 aromatic carbocycles. The highest BCUT2D eigenvalue weighted by molar-refractivity contribution is 5.23. The topological polar surface area (TPSA) is 0 Å². The van der Waals surface area contributed by atoms with Crippen molar-refractivity contribution in [2.45, 2.75) is 41.5 Å². The van der Waals surface area contributed by atoms with Crippen LogP contribution in [0.15, 0.2) is 72.8 Å². The smallest absolute Gasteiger partial charge is 0.0395 e. The Labute approximate surface area is 148 Å². The maximum atomic E-state index is 2.17. The van der Waals surface area contributed by atoms with Crippen LogP contribution in [0, 0.1) is 41.5 Å². The van der Waals surface area contributed by atoms with E-state index in [1.807, 2.05) is 0 Å². The van der Waals surface area contributed by atoms with Gasteiger partial charge < -0.3 is 0 Å². The van der Waals surface area contributed by atoms with E-state index < -0.39 is 0 Å². The molecule has 0 unspecified atom stereocenters. The van der Waals surface area contributed by atoms with Crippen molar-refractivity contribution in [3.05, 3.63) is 106 Å². The van der Waals surface area contributed by atoms with Crippen LogP contribution in [-0.4, -0.2) is 0 Å². The van der Waals surface area contributed by atoms with Gasteiger partial charge in [0.05, 0.1) is 0 Å². The summed E-state index contributed by atoms with van der Waals surface area (Å²) in [6.45, 7) is 12.7. The largest absolute Gasteiger partial charge is 0.0620 e. The third kappa shape index (κ3) is 8.33. The summed E-state index contributed by atoms with van der Waals surface area (Å²) in [5.41, 5.74) is 8.09. The molecule has 0 heterocycles. The molecule has 0 saturated heterocycles. The lowest BCUT2D eigenvalue weighted by atomic mass is 10.1. The fourth-order valence-corrected chi connectivity index (χ4v) is 2.28. The van der Waals surface area contributed by atoms with Gasteiger partial charge in [-0.2, -0.15) is 0 Å². The van der Waals surface area contributed by atoms with E-state index in [0.717, 1.165) is 0 Å². The Hall–Kier alpha value is -2.34. The van der Waals surface area contributed by atoms with Crippen molar-refractivity contribution in [2.24, 2.45) is 0 Å². The third-order valence-corrected chi connectivity index (χ3v) is 3.77. The van der Waals surface area contributed by atoms with Gasteiger partial charge in [-0.05, 0) is 52.7 Å². The van der Waals surface area contributed by atoms with Gasteiger partial charge >= 0.3 is 0 Å². The lowest BCUT2D eigenvalue weighted by molar-refractivity contribution is 1.34. The molecule has 0 aliphatic carbocycles. The van der Waals surface area contributed by atoms with Crippen molar-refractivity contribution >= 4 is 0 Å². The molecule has 0 aromatic heterocycles. The van der Waals surface area contributed by atoms with Crippen molar-refractivity contribution in [3.8, 4) is 0 Å². The molecule has 126 valence electrons. The van der Waals surface area contributed by atoms with Crippen LogP contribution in [0.4, 0.5) is 0 Å². The van der Waals surface area contributed by atoms with Gasteiger partial charge in [-0.15, -0.1) is 0 Å². The number of hydrogen-bond donors (Lipinski definition) is 0. The monoisotopic (exact) mass is 318 g/mol. The van der Waals surface area contributed by atoms with Crippen molar-refractivity contribution in [1.82, 2.24) is 0 Å². The number of aryl methyl sites for hydroxylation is 6. The second-order valence-corrected chi connectivity index (χ2v) is 6.40. The van der Waals surface area contributed by atoms with Crippen LogP contribution in [0.5, 0.6) is 0 Å². The first kappa shape index (κ1) is 19.7. The Morgan fingerprint density at radius 2 is 0.667 bits per heavy atom. The van der Waals surface area contributed by atoms with E-state index in [2.05, 4.69) is 114 Å². The normalized spacial score (nSPS) is 9.25. The zero-order valence-electron chi connectivity index (χ0n) is 15.9. The van der Waals surface area contributed by atoms with Crippen LogP contribution < -0.4 is 0 Å². The summed E-state index contributed by atoms with van der Waals surface area (Å²) < 4.78 is 0. The molecular formula is C24H30. The SMILES string of the molecule is Cc1cccc(C)c1.Cc1cccc(C)c1.Cc1ccccc1C. The number of benzene rings is 3. The van der Waals surface area contributed by atoms with Gasteiger partial charge in [0.2, 0.25) is 0 Å². The Morgan fingerprint density at radius 1 is 0.375 bits per heavy atom. The molecule has 0 amide bonds. The standard InChI is InChI=1S/3C8H10/c2*1-7-4-3-5-8(2)6-7;1-7-5-3-4-6-8(7)2/h3*3-6H,1-2H3. The first-order chi connectivity index (χ1) is 11.4. The molecule has 3 aromatic rings. The predicted molar refractivity (Wildman–Crippen MR) is 108 cm³/mol. The summed E-state index contributed by atoms with van der Waals surface area (Å²) >= 11 is 0. The van der Waals surface area contributed by atoms with E-state index in [4.69, 9.17) is 0 Å². The first-order valence-electron chi connectivity index (χ1n) is 8.47. The predicted octanol–water partition coefficient (Wildman–Crippen LogP) is 6.91. The highest BCUT2D eigenvalue weighted by Crippen LogP contribution is 2.03. The van der Waals surface area contributed by atoms with Crippen molar-refractivity contribution in [2.75, 3.05) is 0 Å². The molecule has 0 nitrogen and oxygen atoms in total. The molecule has 0 aliphatic heterocycles. The fourth-order valence-electron chi connectivity index (χ4n) is 2.28. The number of rotatable bonds is 0. The van der Waals surface area contributed by atoms with Gasteiger partial charge in [-0.25, -0.2) is 0 Å². The Balaban J connectivity index is 0.000000180. The van der Waals surface area contributed by atoms with E-state index in [1.54, 1.807) is 0 Å².